The molecule has 0 saturated carbocycles. The number of pyridine rings is 1. The molecular weight excluding hydrogens is 370 g/mol. The fourth-order valence-corrected chi connectivity index (χ4v) is 2.29. The summed E-state index contributed by atoms with van der Waals surface area (Å²) < 4.78 is 0. The first-order valence-corrected chi connectivity index (χ1v) is 9.39. The maximum Gasteiger partial charge on any atom is 0.0812 e. The molecule has 0 aliphatic heterocycles. The van der Waals surface area contributed by atoms with Crippen LogP contribution in [0.3, 0.4) is 0 Å². The van der Waals surface area contributed by atoms with Gasteiger partial charge >= 0.3 is 0 Å². The number of hydrogen-bond donors (Lipinski definition) is 1. The van der Waals surface area contributed by atoms with Gasteiger partial charge in [-0.05, 0) is 80.4 Å². The number of allylic oxidation sites excluding steroid dienone is 2. The summed E-state index contributed by atoms with van der Waals surface area (Å²) in [7, 11) is 0. The lowest BCUT2D eigenvalue weighted by Gasteiger charge is -2.06. The van der Waals surface area contributed by atoms with Crippen molar-refractivity contribution in [1.29, 1.82) is 0 Å². The number of anilines is 2. The molecule has 0 aliphatic rings. The highest BCUT2D eigenvalue weighted by molar-refractivity contribution is 5.79. The summed E-state index contributed by atoms with van der Waals surface area (Å²) in [5, 5.41) is 3.36. The van der Waals surface area contributed by atoms with Gasteiger partial charge in [-0.2, -0.15) is 0 Å². The van der Waals surface area contributed by atoms with Crippen LogP contribution < -0.4 is 5.32 Å². The molecule has 3 aromatic rings. The zero-order valence-corrected chi connectivity index (χ0v) is 17.0. The highest BCUT2D eigenvalue weighted by Gasteiger charge is 1.96. The van der Waals surface area contributed by atoms with E-state index in [0.29, 0.717) is 0 Å². The summed E-state index contributed by atoms with van der Waals surface area (Å²) in [4.78, 5) is 16.3. The van der Waals surface area contributed by atoms with Crippen LogP contribution in [-0.2, 0) is 0 Å². The van der Waals surface area contributed by atoms with Crippen LogP contribution in [0.5, 0.6) is 0 Å². The Morgan fingerprint density at radius 3 is 1.97 bits per heavy atom. The van der Waals surface area contributed by atoms with Crippen molar-refractivity contribution in [1.82, 2.24) is 4.98 Å². The SMILES string of the molecule is C=C/C=C\N=C.CC=Nc1ccc(Nc2ccc(N=Cc3ccccn3)cc2)cc1. The third-order valence-electron chi connectivity index (χ3n) is 3.66. The largest absolute Gasteiger partial charge is 0.356 e. The summed E-state index contributed by atoms with van der Waals surface area (Å²) in [6.45, 7) is 8.54. The standard InChI is InChI=1S/C20H18N4.C5H7N/c1-2-21-16-6-10-18(11-7-16)24-19-12-8-17(9-13-19)23-15-20-5-3-4-14-22-20;1-3-4-5-6-2/h2-15,24H,1H3;3-5H,1-2H2/b;5-4-. The third-order valence-corrected chi connectivity index (χ3v) is 3.66. The van der Waals surface area contributed by atoms with Crippen molar-refractivity contribution in [2.45, 2.75) is 6.92 Å². The molecule has 1 N–H and O–H groups in total. The molecule has 5 nitrogen and oxygen atoms in total. The predicted molar refractivity (Wildman–Crippen MR) is 130 cm³/mol. The summed E-state index contributed by atoms with van der Waals surface area (Å²) in [6.07, 6.45) is 10.2. The lowest BCUT2D eigenvalue weighted by atomic mass is 10.2. The van der Waals surface area contributed by atoms with Gasteiger partial charge in [-0.25, -0.2) is 0 Å². The molecule has 150 valence electrons. The van der Waals surface area contributed by atoms with Crippen molar-refractivity contribution in [2.24, 2.45) is 15.0 Å². The van der Waals surface area contributed by atoms with Crippen molar-refractivity contribution < 1.29 is 0 Å². The lowest BCUT2D eigenvalue weighted by molar-refractivity contribution is 1.30. The number of benzene rings is 2. The van der Waals surface area contributed by atoms with Crippen LogP contribution in [0.2, 0.25) is 0 Å². The van der Waals surface area contributed by atoms with E-state index in [1.807, 2.05) is 73.7 Å². The molecule has 1 heterocycles. The van der Waals surface area contributed by atoms with Gasteiger partial charge in [-0.1, -0.05) is 18.7 Å². The molecule has 0 spiro atoms. The molecule has 0 aliphatic carbocycles. The van der Waals surface area contributed by atoms with E-state index < -0.39 is 0 Å². The molecule has 5 heteroatoms. The van der Waals surface area contributed by atoms with Crippen LogP contribution in [0, 0.1) is 0 Å². The molecule has 0 atom stereocenters. The number of rotatable bonds is 7. The molecule has 0 fully saturated rings. The van der Waals surface area contributed by atoms with Gasteiger partial charge in [0.25, 0.3) is 0 Å². The van der Waals surface area contributed by atoms with Crippen LogP contribution >= 0.6 is 0 Å². The predicted octanol–water partition coefficient (Wildman–Crippen LogP) is 6.68. The van der Waals surface area contributed by atoms with Crippen LogP contribution in [0.25, 0.3) is 0 Å². The zero-order valence-electron chi connectivity index (χ0n) is 17.0. The second kappa shape index (κ2) is 13.1. The van der Waals surface area contributed by atoms with E-state index >= 15 is 0 Å². The minimum absolute atomic E-state index is 0.842. The van der Waals surface area contributed by atoms with Crippen molar-refractivity contribution >= 4 is 41.9 Å². The van der Waals surface area contributed by atoms with Gasteiger partial charge in [0.1, 0.15) is 0 Å². The Hall–Kier alpha value is -4.12. The van der Waals surface area contributed by atoms with Gasteiger partial charge in [-0.3, -0.25) is 20.0 Å². The first-order chi connectivity index (χ1) is 14.7. The number of aliphatic imine (C=N–C) groups is 3. The molecule has 0 radical (unpaired) electrons. The molecular formula is C25H25N5. The number of nitrogens with one attached hydrogen (secondary N) is 1. The molecule has 0 unspecified atom stereocenters. The number of aromatic nitrogens is 1. The minimum Gasteiger partial charge on any atom is -0.356 e. The molecule has 1 aromatic heterocycles. The average molecular weight is 396 g/mol. The van der Waals surface area contributed by atoms with E-state index in [1.165, 1.54) is 0 Å². The Bertz CT molecular complexity index is 976. The average Bonchev–Trinajstić information content (AvgIpc) is 2.80. The Kier molecular flexibility index (Phi) is 9.70. The lowest BCUT2D eigenvalue weighted by Crippen LogP contribution is -1.89. The first kappa shape index (κ1) is 22.2. The van der Waals surface area contributed by atoms with Crippen molar-refractivity contribution in [3.05, 3.63) is 104 Å². The summed E-state index contributed by atoms with van der Waals surface area (Å²) in [6, 6.07) is 21.7. The van der Waals surface area contributed by atoms with Gasteiger partial charge in [0.15, 0.2) is 0 Å². The van der Waals surface area contributed by atoms with Crippen molar-refractivity contribution in [2.75, 3.05) is 5.32 Å². The van der Waals surface area contributed by atoms with Gasteiger partial charge in [-0.15, -0.1) is 0 Å². The second-order valence-electron chi connectivity index (χ2n) is 5.88. The highest BCUT2D eigenvalue weighted by Crippen LogP contribution is 2.22. The van der Waals surface area contributed by atoms with E-state index in [9.17, 15) is 0 Å². The van der Waals surface area contributed by atoms with Crippen molar-refractivity contribution in [3.63, 3.8) is 0 Å². The minimum atomic E-state index is 0.842. The molecule has 30 heavy (non-hydrogen) atoms. The second-order valence-corrected chi connectivity index (χ2v) is 5.88. The Balaban J connectivity index is 0.000000469. The van der Waals surface area contributed by atoms with E-state index in [4.69, 9.17) is 0 Å². The molecule has 0 saturated heterocycles. The Morgan fingerprint density at radius 2 is 1.50 bits per heavy atom. The fourth-order valence-electron chi connectivity index (χ4n) is 2.29. The van der Waals surface area contributed by atoms with Crippen LogP contribution in [0.4, 0.5) is 22.7 Å². The molecule has 2 aromatic carbocycles. The third kappa shape index (κ3) is 8.27. The Labute approximate surface area is 178 Å². The maximum absolute atomic E-state index is 4.43. The molecule has 3 rings (SSSR count). The van der Waals surface area contributed by atoms with E-state index in [0.717, 1.165) is 28.4 Å². The zero-order chi connectivity index (χ0) is 21.4. The summed E-state index contributed by atoms with van der Waals surface area (Å²) >= 11 is 0. The normalized spacial score (nSPS) is 10.7. The van der Waals surface area contributed by atoms with Gasteiger partial charge < -0.3 is 5.32 Å². The first-order valence-electron chi connectivity index (χ1n) is 9.39. The van der Waals surface area contributed by atoms with Crippen LogP contribution in [-0.4, -0.2) is 24.1 Å². The van der Waals surface area contributed by atoms with Crippen LogP contribution in [0.1, 0.15) is 12.6 Å². The highest BCUT2D eigenvalue weighted by atomic mass is 14.9. The van der Waals surface area contributed by atoms with Crippen molar-refractivity contribution in [3.8, 4) is 0 Å². The van der Waals surface area contributed by atoms with Crippen LogP contribution in [0.15, 0.2) is 113 Å². The maximum atomic E-state index is 4.43. The number of nitrogens with zero attached hydrogens (tertiary/aromatic N) is 4. The van der Waals surface area contributed by atoms with Gasteiger partial charge in [0, 0.05) is 30.0 Å². The molecule has 0 amide bonds. The van der Waals surface area contributed by atoms with E-state index in [2.05, 4.69) is 38.6 Å². The number of hydrogen-bond acceptors (Lipinski definition) is 5. The monoisotopic (exact) mass is 395 g/mol. The summed E-state index contributed by atoms with van der Waals surface area (Å²) in [5.74, 6) is 0. The Morgan fingerprint density at radius 1 is 0.867 bits per heavy atom. The quantitative estimate of drug-likeness (QED) is 0.358. The fraction of sp³-hybridized carbons (Fsp3) is 0.0400. The van der Waals surface area contributed by atoms with Gasteiger partial charge in [0.05, 0.1) is 23.3 Å². The van der Waals surface area contributed by atoms with Gasteiger partial charge in [0.2, 0.25) is 0 Å². The molecule has 0 bridgehead atoms. The van der Waals surface area contributed by atoms with E-state index in [1.54, 1.807) is 37.0 Å². The van der Waals surface area contributed by atoms with E-state index in [-0.39, 0.29) is 0 Å². The topological polar surface area (TPSA) is 62.0 Å². The summed E-state index contributed by atoms with van der Waals surface area (Å²) in [5.41, 5.74) is 4.71. The smallest absolute Gasteiger partial charge is 0.0812 e.